The highest BCUT2D eigenvalue weighted by molar-refractivity contribution is 6.32. The first kappa shape index (κ1) is 16.1. The maximum atomic E-state index is 12.9. The van der Waals surface area contributed by atoms with E-state index in [4.69, 9.17) is 16.3 Å². The lowest BCUT2D eigenvalue weighted by molar-refractivity contribution is 0.243. The molecule has 0 aliphatic rings. The number of anilines is 1. The SMILES string of the molecule is CN(C(=O)NCCOc1ccc(F)cc1Cl)c1ccccc1. The van der Waals surface area contributed by atoms with Gasteiger partial charge >= 0.3 is 6.03 Å². The predicted molar refractivity (Wildman–Crippen MR) is 85.1 cm³/mol. The van der Waals surface area contributed by atoms with Gasteiger partial charge in [-0.2, -0.15) is 0 Å². The summed E-state index contributed by atoms with van der Waals surface area (Å²) in [6.07, 6.45) is 0. The summed E-state index contributed by atoms with van der Waals surface area (Å²) >= 11 is 5.84. The first-order chi connectivity index (χ1) is 10.6. The summed E-state index contributed by atoms with van der Waals surface area (Å²) < 4.78 is 18.3. The van der Waals surface area contributed by atoms with E-state index in [2.05, 4.69) is 5.32 Å². The molecule has 2 amide bonds. The predicted octanol–water partition coefficient (Wildman–Crippen LogP) is 3.70. The summed E-state index contributed by atoms with van der Waals surface area (Å²) in [7, 11) is 1.68. The minimum absolute atomic E-state index is 0.202. The van der Waals surface area contributed by atoms with Crippen LogP contribution < -0.4 is 15.0 Å². The van der Waals surface area contributed by atoms with Crippen LogP contribution in [0.4, 0.5) is 14.9 Å². The van der Waals surface area contributed by atoms with Crippen LogP contribution >= 0.6 is 11.6 Å². The molecule has 0 aliphatic carbocycles. The summed E-state index contributed by atoms with van der Waals surface area (Å²) in [5, 5.41) is 2.93. The molecular formula is C16H16ClFN2O2. The second-order valence-corrected chi connectivity index (χ2v) is 4.96. The van der Waals surface area contributed by atoms with E-state index in [1.54, 1.807) is 7.05 Å². The molecule has 0 aromatic heterocycles. The van der Waals surface area contributed by atoms with Gasteiger partial charge in [0.05, 0.1) is 11.6 Å². The van der Waals surface area contributed by atoms with E-state index < -0.39 is 5.82 Å². The minimum atomic E-state index is -0.421. The van der Waals surface area contributed by atoms with Gasteiger partial charge in [0.1, 0.15) is 18.2 Å². The van der Waals surface area contributed by atoms with E-state index in [1.807, 2.05) is 30.3 Å². The third-order valence-corrected chi connectivity index (χ3v) is 3.27. The van der Waals surface area contributed by atoms with Crippen molar-refractivity contribution in [2.45, 2.75) is 0 Å². The zero-order chi connectivity index (χ0) is 15.9. The molecule has 2 rings (SSSR count). The maximum absolute atomic E-state index is 12.9. The summed E-state index contributed by atoms with van der Waals surface area (Å²) in [5.74, 6) is -0.0381. The molecule has 0 heterocycles. The number of hydrogen-bond donors (Lipinski definition) is 1. The van der Waals surface area contributed by atoms with Gasteiger partial charge in [-0.3, -0.25) is 4.90 Å². The third-order valence-electron chi connectivity index (χ3n) is 2.98. The van der Waals surface area contributed by atoms with Crippen LogP contribution in [0.2, 0.25) is 5.02 Å². The zero-order valence-corrected chi connectivity index (χ0v) is 12.8. The molecule has 116 valence electrons. The van der Waals surface area contributed by atoms with Crippen molar-refractivity contribution in [2.75, 3.05) is 25.1 Å². The largest absolute Gasteiger partial charge is 0.490 e. The molecule has 0 aliphatic heterocycles. The monoisotopic (exact) mass is 322 g/mol. The molecule has 0 saturated heterocycles. The van der Waals surface area contributed by atoms with Crippen LogP contribution in [0.1, 0.15) is 0 Å². The summed E-state index contributed by atoms with van der Waals surface area (Å²) in [6.45, 7) is 0.545. The lowest BCUT2D eigenvalue weighted by Crippen LogP contribution is -2.39. The molecule has 6 heteroatoms. The summed E-state index contributed by atoms with van der Waals surface area (Å²) in [6, 6.07) is 13.0. The van der Waals surface area contributed by atoms with E-state index in [1.165, 1.54) is 23.1 Å². The highest BCUT2D eigenvalue weighted by Crippen LogP contribution is 2.24. The quantitative estimate of drug-likeness (QED) is 0.853. The normalized spacial score (nSPS) is 10.1. The Labute approximate surface area is 133 Å². The van der Waals surface area contributed by atoms with Gasteiger partial charge in [-0.15, -0.1) is 0 Å². The van der Waals surface area contributed by atoms with E-state index in [-0.39, 0.29) is 17.7 Å². The number of benzene rings is 2. The number of para-hydroxylation sites is 1. The van der Waals surface area contributed by atoms with Gasteiger partial charge in [0, 0.05) is 12.7 Å². The molecule has 4 nitrogen and oxygen atoms in total. The maximum Gasteiger partial charge on any atom is 0.321 e. The van der Waals surface area contributed by atoms with Gasteiger partial charge in [-0.1, -0.05) is 29.8 Å². The number of nitrogens with one attached hydrogen (secondary N) is 1. The fraction of sp³-hybridized carbons (Fsp3) is 0.188. The number of carbonyl (C=O) groups is 1. The van der Waals surface area contributed by atoms with Crippen molar-refractivity contribution < 1.29 is 13.9 Å². The Morgan fingerprint density at radius 3 is 2.68 bits per heavy atom. The Hall–Kier alpha value is -2.27. The third kappa shape index (κ3) is 4.36. The number of rotatable bonds is 5. The molecule has 0 radical (unpaired) electrons. The molecule has 0 spiro atoms. The average Bonchev–Trinajstić information content (AvgIpc) is 2.53. The molecule has 0 atom stereocenters. The fourth-order valence-electron chi connectivity index (χ4n) is 1.80. The Morgan fingerprint density at radius 2 is 2.00 bits per heavy atom. The Balaban J connectivity index is 1.77. The Kier molecular flexibility index (Phi) is 5.61. The Morgan fingerprint density at radius 1 is 1.27 bits per heavy atom. The van der Waals surface area contributed by atoms with Crippen LogP contribution in [0, 0.1) is 5.82 Å². The van der Waals surface area contributed by atoms with Gasteiger partial charge in [0.15, 0.2) is 0 Å². The number of ether oxygens (including phenoxy) is 1. The molecule has 2 aromatic carbocycles. The van der Waals surface area contributed by atoms with Crippen molar-refractivity contribution in [1.82, 2.24) is 5.32 Å². The lowest BCUT2D eigenvalue weighted by Gasteiger charge is -2.18. The lowest BCUT2D eigenvalue weighted by atomic mass is 10.3. The molecule has 1 N–H and O–H groups in total. The van der Waals surface area contributed by atoms with Gasteiger partial charge in [-0.05, 0) is 30.3 Å². The van der Waals surface area contributed by atoms with Crippen molar-refractivity contribution in [3.63, 3.8) is 0 Å². The molecule has 0 saturated carbocycles. The number of amides is 2. The average molecular weight is 323 g/mol. The molecule has 0 unspecified atom stereocenters. The van der Waals surface area contributed by atoms with Crippen molar-refractivity contribution in [2.24, 2.45) is 0 Å². The summed E-state index contributed by atoms with van der Waals surface area (Å²) in [5.41, 5.74) is 0.794. The fourth-order valence-corrected chi connectivity index (χ4v) is 2.02. The van der Waals surface area contributed by atoms with Gasteiger partial charge in [-0.25, -0.2) is 9.18 Å². The first-order valence-electron chi connectivity index (χ1n) is 6.72. The van der Waals surface area contributed by atoms with Crippen molar-refractivity contribution >= 4 is 23.3 Å². The van der Waals surface area contributed by atoms with Crippen LogP contribution in [-0.2, 0) is 0 Å². The van der Waals surface area contributed by atoms with Crippen LogP contribution in [0.5, 0.6) is 5.75 Å². The van der Waals surface area contributed by atoms with E-state index in [0.29, 0.717) is 12.3 Å². The highest BCUT2D eigenvalue weighted by atomic mass is 35.5. The number of urea groups is 1. The topological polar surface area (TPSA) is 41.6 Å². The van der Waals surface area contributed by atoms with E-state index in [9.17, 15) is 9.18 Å². The number of nitrogens with zero attached hydrogens (tertiary/aromatic N) is 1. The molecule has 0 fully saturated rings. The van der Waals surface area contributed by atoms with Gasteiger partial charge < -0.3 is 10.1 Å². The minimum Gasteiger partial charge on any atom is -0.490 e. The summed E-state index contributed by atoms with van der Waals surface area (Å²) in [4.78, 5) is 13.5. The molecular weight excluding hydrogens is 307 g/mol. The number of halogens is 2. The van der Waals surface area contributed by atoms with E-state index in [0.717, 1.165) is 5.69 Å². The van der Waals surface area contributed by atoms with Gasteiger partial charge in [0.2, 0.25) is 0 Å². The van der Waals surface area contributed by atoms with Crippen LogP contribution in [-0.4, -0.2) is 26.2 Å². The zero-order valence-electron chi connectivity index (χ0n) is 12.1. The van der Waals surface area contributed by atoms with E-state index >= 15 is 0 Å². The van der Waals surface area contributed by atoms with Crippen LogP contribution in [0.15, 0.2) is 48.5 Å². The number of carbonyl (C=O) groups excluding carboxylic acids is 1. The standard InChI is InChI=1S/C16H16ClFN2O2/c1-20(13-5-3-2-4-6-13)16(21)19-9-10-22-15-8-7-12(18)11-14(15)17/h2-8,11H,9-10H2,1H3,(H,19,21). The second-order valence-electron chi connectivity index (χ2n) is 4.55. The second kappa shape index (κ2) is 7.66. The molecule has 2 aromatic rings. The van der Waals surface area contributed by atoms with Gasteiger partial charge in [0.25, 0.3) is 0 Å². The molecule has 0 bridgehead atoms. The van der Waals surface area contributed by atoms with Crippen LogP contribution in [0.25, 0.3) is 0 Å². The first-order valence-corrected chi connectivity index (χ1v) is 7.10. The van der Waals surface area contributed by atoms with Crippen molar-refractivity contribution in [1.29, 1.82) is 0 Å². The number of hydrogen-bond acceptors (Lipinski definition) is 2. The smallest absolute Gasteiger partial charge is 0.321 e. The van der Waals surface area contributed by atoms with Crippen LogP contribution in [0.3, 0.4) is 0 Å². The molecule has 22 heavy (non-hydrogen) atoms. The van der Waals surface area contributed by atoms with Crippen molar-refractivity contribution in [3.05, 3.63) is 59.4 Å². The highest BCUT2D eigenvalue weighted by Gasteiger charge is 2.09. The Bertz CT molecular complexity index is 637. The van der Waals surface area contributed by atoms with Crippen molar-refractivity contribution in [3.8, 4) is 5.75 Å².